The summed E-state index contributed by atoms with van der Waals surface area (Å²) in [6, 6.07) is 19.1. The number of aryl methyl sites for hydroxylation is 2. The van der Waals surface area contributed by atoms with Crippen LogP contribution in [0.3, 0.4) is 0 Å². The highest BCUT2D eigenvalue weighted by Gasteiger charge is 2.39. The van der Waals surface area contributed by atoms with Crippen molar-refractivity contribution in [2.75, 3.05) is 6.61 Å². The molecule has 0 amide bonds. The van der Waals surface area contributed by atoms with Gasteiger partial charge in [0.15, 0.2) is 11.2 Å². The van der Waals surface area contributed by atoms with Gasteiger partial charge >= 0.3 is 24.3 Å². The van der Waals surface area contributed by atoms with Gasteiger partial charge in [-0.25, -0.2) is 9.59 Å². The van der Waals surface area contributed by atoms with Gasteiger partial charge in [0.05, 0.1) is 42.0 Å². The highest BCUT2D eigenvalue weighted by molar-refractivity contribution is 6.31. The quantitative estimate of drug-likeness (QED) is 0.133. The smallest absolute Gasteiger partial charge is 0.393 e. The van der Waals surface area contributed by atoms with E-state index < -0.39 is 48.3 Å². The van der Waals surface area contributed by atoms with Crippen LogP contribution in [0.4, 0.5) is 26.3 Å². The van der Waals surface area contributed by atoms with Gasteiger partial charge in [0, 0.05) is 22.9 Å². The zero-order valence-electron chi connectivity index (χ0n) is 31.9. The van der Waals surface area contributed by atoms with Crippen molar-refractivity contribution < 1.29 is 55.5 Å². The minimum Gasteiger partial charge on any atom is -0.478 e. The number of hydrogen-bond acceptors (Lipinski definition) is 7. The number of hydrogen-bond donors (Lipinski definition) is 1. The van der Waals surface area contributed by atoms with E-state index in [2.05, 4.69) is 10.3 Å². The summed E-state index contributed by atoms with van der Waals surface area (Å²) < 4.78 is 82.7. The number of halogens is 8. The zero-order chi connectivity index (χ0) is 42.8. The zero-order valence-corrected chi connectivity index (χ0v) is 33.4. The maximum atomic E-state index is 13.1. The average Bonchev–Trinajstić information content (AvgIpc) is 3.71. The van der Waals surface area contributed by atoms with E-state index in [-0.39, 0.29) is 28.9 Å². The Kier molecular flexibility index (Phi) is 12.9. The van der Waals surface area contributed by atoms with Crippen LogP contribution in [0.1, 0.15) is 98.8 Å². The molecule has 2 atom stereocenters. The fraction of sp³-hybridized carbons (Fsp3) is 0.333. The van der Waals surface area contributed by atoms with Gasteiger partial charge in [0.1, 0.15) is 0 Å². The third-order valence-corrected chi connectivity index (χ3v) is 9.85. The third-order valence-electron chi connectivity index (χ3n) is 9.41. The lowest BCUT2D eigenvalue weighted by atomic mass is 9.87. The Morgan fingerprint density at radius 3 is 1.50 bits per heavy atom. The predicted molar refractivity (Wildman–Crippen MR) is 207 cm³/mol. The molecule has 2 heterocycles. The fourth-order valence-corrected chi connectivity index (χ4v) is 7.25. The Morgan fingerprint density at radius 1 is 0.707 bits per heavy atom. The summed E-state index contributed by atoms with van der Waals surface area (Å²) in [5.74, 6) is -2.19. The molecular weight excluding hydrogens is 813 g/mol. The first-order chi connectivity index (χ1) is 27.0. The number of carbonyl (C=O) groups is 2. The Hall–Kier alpha value is -5.08. The molecular formula is C42H38Cl2F6N2O6. The average molecular weight is 852 g/mol. The number of ether oxygens (including phenoxy) is 1. The number of carboxylic acid groups (broad SMARTS) is 1. The molecule has 0 aromatic heterocycles. The van der Waals surface area contributed by atoms with E-state index in [9.17, 15) is 35.9 Å². The van der Waals surface area contributed by atoms with Crippen LogP contribution in [0, 0.1) is 13.8 Å². The van der Waals surface area contributed by atoms with Crippen LogP contribution in [0.15, 0.2) is 83.1 Å². The Morgan fingerprint density at radius 2 is 1.12 bits per heavy atom. The van der Waals surface area contributed by atoms with Gasteiger partial charge in [-0.3, -0.25) is 0 Å². The van der Waals surface area contributed by atoms with Crippen molar-refractivity contribution in [2.24, 2.45) is 10.3 Å². The number of rotatable bonds is 9. The van der Waals surface area contributed by atoms with Crippen molar-refractivity contribution in [2.45, 2.75) is 83.9 Å². The molecule has 4 aromatic carbocycles. The molecule has 0 fully saturated rings. The first-order valence-electron chi connectivity index (χ1n) is 17.8. The molecule has 0 saturated heterocycles. The van der Waals surface area contributed by atoms with Crippen LogP contribution in [-0.2, 0) is 38.5 Å². The van der Waals surface area contributed by atoms with Crippen molar-refractivity contribution >= 4 is 46.6 Å². The number of aromatic carboxylic acids is 1. The van der Waals surface area contributed by atoms with Crippen LogP contribution in [0.5, 0.6) is 0 Å². The Labute approximate surface area is 340 Å². The van der Waals surface area contributed by atoms with Gasteiger partial charge in [-0.1, -0.05) is 57.8 Å². The van der Waals surface area contributed by atoms with E-state index >= 15 is 0 Å². The lowest BCUT2D eigenvalue weighted by Crippen LogP contribution is -2.22. The van der Waals surface area contributed by atoms with Crippen LogP contribution in [-0.4, -0.2) is 47.4 Å². The summed E-state index contributed by atoms with van der Waals surface area (Å²) in [7, 11) is 0. The van der Waals surface area contributed by atoms with E-state index in [1.807, 2.05) is 45.9 Å². The predicted octanol–water partition coefficient (Wildman–Crippen LogP) is 11.5. The molecule has 0 radical (unpaired) electrons. The minimum atomic E-state index is -4.52. The summed E-state index contributed by atoms with van der Waals surface area (Å²) >= 11 is 12.3. The number of carbonyl (C=O) groups excluding carboxylic acids is 1. The molecule has 2 unspecified atom stereocenters. The SMILES string of the molecule is CCOC(=O)c1ccc(C2=NOC(C)(c3cc(C)cc(Cl)c3)C2)cc1CC(F)(F)F.Cc1cc(Cl)cc(C2(C)CC(c3ccc(C(=O)O)c(CC(F)(F)F)c3)=NO2)c1. The number of esters is 1. The number of oxime groups is 2. The second-order valence-corrected chi connectivity index (χ2v) is 15.3. The number of nitrogens with zero attached hydrogens (tertiary/aromatic N) is 2. The van der Waals surface area contributed by atoms with Gasteiger partial charge in [0.25, 0.3) is 0 Å². The molecule has 1 N–H and O–H groups in total. The number of carboxylic acids is 1. The van der Waals surface area contributed by atoms with Gasteiger partial charge in [-0.05, 0) is 128 Å². The van der Waals surface area contributed by atoms with Crippen LogP contribution >= 0.6 is 23.2 Å². The molecule has 308 valence electrons. The van der Waals surface area contributed by atoms with E-state index in [1.165, 1.54) is 30.3 Å². The summed E-state index contributed by atoms with van der Waals surface area (Å²) in [6.45, 7) is 9.13. The number of benzene rings is 4. The summed E-state index contributed by atoms with van der Waals surface area (Å²) in [6.07, 6.45) is -10.9. The normalized spacial score (nSPS) is 19.0. The van der Waals surface area contributed by atoms with Crippen LogP contribution in [0.25, 0.3) is 0 Å². The highest BCUT2D eigenvalue weighted by atomic mass is 35.5. The first kappa shape index (κ1) is 44.0. The van der Waals surface area contributed by atoms with Crippen molar-refractivity contribution in [1.29, 1.82) is 0 Å². The Balaban J connectivity index is 0.000000221. The molecule has 2 aliphatic rings. The van der Waals surface area contributed by atoms with Crippen molar-refractivity contribution in [3.05, 3.63) is 138 Å². The summed E-state index contributed by atoms with van der Waals surface area (Å²) in [4.78, 5) is 34.6. The van der Waals surface area contributed by atoms with Crippen LogP contribution in [0.2, 0.25) is 10.0 Å². The van der Waals surface area contributed by atoms with Gasteiger partial charge in [-0.2, -0.15) is 26.3 Å². The lowest BCUT2D eigenvalue weighted by Gasteiger charge is -2.22. The molecule has 58 heavy (non-hydrogen) atoms. The largest absolute Gasteiger partial charge is 0.478 e. The first-order valence-corrected chi connectivity index (χ1v) is 18.6. The van der Waals surface area contributed by atoms with Crippen molar-refractivity contribution in [3.8, 4) is 0 Å². The van der Waals surface area contributed by atoms with Gasteiger partial charge < -0.3 is 19.5 Å². The van der Waals surface area contributed by atoms with Crippen LogP contribution < -0.4 is 0 Å². The molecule has 0 spiro atoms. The monoisotopic (exact) mass is 850 g/mol. The molecule has 0 saturated carbocycles. The van der Waals surface area contributed by atoms with E-state index in [0.717, 1.165) is 22.3 Å². The molecule has 6 rings (SSSR count). The molecule has 2 aliphatic heterocycles. The molecule has 0 aliphatic carbocycles. The standard InChI is InChI=1S/C22H21ClF3NO3.C20H17ClF3NO3/c1-4-29-20(28)18-6-5-14(9-15(18)11-22(24,25)26)19-12-21(3,30-27-19)16-7-13(2)8-17(23)10-16;1-11-5-14(8-15(21)6-11)19(2)10-17(25-28-19)12-3-4-16(18(26)27)13(7-12)9-20(22,23)24/h5-10H,4,11-12H2,1-3H3;3-8H,9-10H2,1-2H3,(H,26,27). The molecule has 4 aromatic rings. The van der Waals surface area contributed by atoms with Crippen molar-refractivity contribution in [1.82, 2.24) is 0 Å². The van der Waals surface area contributed by atoms with Crippen molar-refractivity contribution in [3.63, 3.8) is 0 Å². The maximum Gasteiger partial charge on any atom is 0.393 e. The van der Waals surface area contributed by atoms with E-state index in [4.69, 9.17) is 42.7 Å². The second kappa shape index (κ2) is 17.0. The summed E-state index contributed by atoms with van der Waals surface area (Å²) in [5.41, 5.74) is 2.75. The van der Waals surface area contributed by atoms with E-state index in [1.54, 1.807) is 31.2 Å². The molecule has 16 heteroatoms. The highest BCUT2D eigenvalue weighted by Crippen LogP contribution is 2.40. The van der Waals surface area contributed by atoms with Gasteiger partial charge in [-0.15, -0.1) is 0 Å². The summed E-state index contributed by atoms with van der Waals surface area (Å²) in [5, 5.41) is 18.5. The van der Waals surface area contributed by atoms with E-state index in [0.29, 0.717) is 45.4 Å². The number of alkyl halides is 6. The second-order valence-electron chi connectivity index (χ2n) is 14.5. The maximum absolute atomic E-state index is 13.1. The lowest BCUT2D eigenvalue weighted by molar-refractivity contribution is -0.128. The fourth-order valence-electron chi connectivity index (χ4n) is 6.67. The minimum absolute atomic E-state index is 0.0734. The topological polar surface area (TPSA) is 107 Å². The third kappa shape index (κ3) is 10.9. The molecule has 8 nitrogen and oxygen atoms in total. The van der Waals surface area contributed by atoms with Gasteiger partial charge in [0.2, 0.25) is 0 Å². The molecule has 0 bridgehead atoms. The Bertz CT molecular complexity index is 2250.